The van der Waals surface area contributed by atoms with Gasteiger partial charge in [-0.3, -0.25) is 4.68 Å². The van der Waals surface area contributed by atoms with Gasteiger partial charge in [0.15, 0.2) is 0 Å². The SMILES string of the molecule is CCn1nccc1[C@@H]1OCC[C@H]1CNc1nc(C(C)(C)C)ns1. The quantitative estimate of drug-likeness (QED) is 0.909. The van der Waals surface area contributed by atoms with Gasteiger partial charge in [0, 0.05) is 48.8 Å². The minimum Gasteiger partial charge on any atom is -0.372 e. The first-order valence-corrected chi connectivity index (χ1v) is 8.97. The van der Waals surface area contributed by atoms with Gasteiger partial charge in [-0.2, -0.15) is 9.47 Å². The van der Waals surface area contributed by atoms with E-state index in [1.165, 1.54) is 17.2 Å². The van der Waals surface area contributed by atoms with Gasteiger partial charge in [-0.1, -0.05) is 20.8 Å². The molecule has 0 amide bonds. The highest BCUT2D eigenvalue weighted by atomic mass is 32.1. The predicted molar refractivity (Wildman–Crippen MR) is 91.8 cm³/mol. The highest BCUT2D eigenvalue weighted by Gasteiger charge is 2.32. The van der Waals surface area contributed by atoms with Crippen molar-refractivity contribution in [3.63, 3.8) is 0 Å². The average molecular weight is 335 g/mol. The third kappa shape index (κ3) is 3.55. The van der Waals surface area contributed by atoms with E-state index >= 15 is 0 Å². The van der Waals surface area contributed by atoms with Crippen molar-refractivity contribution in [1.29, 1.82) is 0 Å². The molecule has 6 nitrogen and oxygen atoms in total. The smallest absolute Gasteiger partial charge is 0.202 e. The molecular formula is C16H25N5OS. The third-order valence-electron chi connectivity index (χ3n) is 4.17. The molecular weight excluding hydrogens is 310 g/mol. The second-order valence-corrected chi connectivity index (χ2v) is 7.72. The van der Waals surface area contributed by atoms with Crippen molar-refractivity contribution in [3.05, 3.63) is 23.8 Å². The summed E-state index contributed by atoms with van der Waals surface area (Å²) in [5.41, 5.74) is 1.16. The van der Waals surface area contributed by atoms with Crippen molar-refractivity contribution in [2.45, 2.75) is 52.2 Å². The molecule has 1 aliphatic rings. The maximum atomic E-state index is 5.97. The van der Waals surface area contributed by atoms with Crippen molar-refractivity contribution < 1.29 is 4.74 Å². The van der Waals surface area contributed by atoms with Crippen LogP contribution in [0.15, 0.2) is 12.3 Å². The Kier molecular flexibility index (Phi) is 4.68. The van der Waals surface area contributed by atoms with E-state index in [9.17, 15) is 0 Å². The van der Waals surface area contributed by atoms with Crippen molar-refractivity contribution in [2.24, 2.45) is 5.92 Å². The molecule has 2 aromatic rings. The summed E-state index contributed by atoms with van der Waals surface area (Å²) >= 11 is 1.44. The predicted octanol–water partition coefficient (Wildman–Crippen LogP) is 3.24. The molecule has 1 aliphatic heterocycles. The monoisotopic (exact) mass is 335 g/mol. The van der Waals surface area contributed by atoms with Crippen LogP contribution in [0.1, 0.15) is 51.7 Å². The van der Waals surface area contributed by atoms with Gasteiger partial charge in [0.2, 0.25) is 5.13 Å². The number of anilines is 1. The normalized spacial score (nSPS) is 21.7. The average Bonchev–Trinajstić information content (AvgIpc) is 3.23. The second-order valence-electron chi connectivity index (χ2n) is 6.97. The summed E-state index contributed by atoms with van der Waals surface area (Å²) in [6, 6.07) is 2.06. The first-order valence-electron chi connectivity index (χ1n) is 8.20. The molecule has 1 N–H and O–H groups in total. The summed E-state index contributed by atoms with van der Waals surface area (Å²) in [7, 11) is 0. The van der Waals surface area contributed by atoms with Gasteiger partial charge in [-0.05, 0) is 19.4 Å². The highest BCUT2D eigenvalue weighted by molar-refractivity contribution is 7.09. The van der Waals surface area contributed by atoms with Gasteiger partial charge < -0.3 is 10.1 Å². The zero-order valence-corrected chi connectivity index (χ0v) is 15.1. The maximum absolute atomic E-state index is 5.97. The third-order valence-corrected chi connectivity index (χ3v) is 4.84. The fourth-order valence-corrected chi connectivity index (χ4v) is 3.60. The first kappa shape index (κ1) is 16.4. The van der Waals surface area contributed by atoms with Gasteiger partial charge in [0.1, 0.15) is 11.9 Å². The Morgan fingerprint density at radius 2 is 2.26 bits per heavy atom. The van der Waals surface area contributed by atoms with Crippen molar-refractivity contribution in [1.82, 2.24) is 19.1 Å². The number of aryl methyl sites for hydroxylation is 1. The molecule has 2 atom stereocenters. The van der Waals surface area contributed by atoms with Gasteiger partial charge in [0.05, 0.1) is 5.69 Å². The molecule has 3 rings (SSSR count). The van der Waals surface area contributed by atoms with E-state index in [0.717, 1.165) is 37.1 Å². The van der Waals surface area contributed by atoms with Crippen LogP contribution in [0.3, 0.4) is 0 Å². The number of nitrogens with zero attached hydrogens (tertiary/aromatic N) is 4. The Morgan fingerprint density at radius 1 is 1.43 bits per heavy atom. The minimum absolute atomic E-state index is 0.0109. The van der Waals surface area contributed by atoms with Crippen LogP contribution >= 0.6 is 11.5 Å². The van der Waals surface area contributed by atoms with Gasteiger partial charge in [-0.25, -0.2) is 4.98 Å². The number of nitrogens with one attached hydrogen (secondary N) is 1. The molecule has 126 valence electrons. The lowest BCUT2D eigenvalue weighted by molar-refractivity contribution is 0.0858. The standard InChI is InChI=1S/C16H25N5OS/c1-5-21-12(6-8-18-21)13-11(7-9-22-13)10-17-15-19-14(20-23-15)16(2,3)4/h6,8,11,13H,5,7,9-10H2,1-4H3,(H,17,19,20)/t11-,13+/m0/s1. The van der Waals surface area contributed by atoms with Gasteiger partial charge in [0.25, 0.3) is 0 Å². The number of ether oxygens (including phenoxy) is 1. The van der Waals surface area contributed by atoms with Crippen LogP contribution in [0.2, 0.25) is 0 Å². The molecule has 23 heavy (non-hydrogen) atoms. The van der Waals surface area contributed by atoms with E-state index in [1.807, 2.05) is 10.9 Å². The van der Waals surface area contributed by atoms with E-state index < -0.39 is 0 Å². The van der Waals surface area contributed by atoms with E-state index in [1.54, 1.807) is 0 Å². The van der Waals surface area contributed by atoms with Crippen LogP contribution in [-0.4, -0.2) is 32.3 Å². The van der Waals surface area contributed by atoms with E-state index in [-0.39, 0.29) is 11.5 Å². The van der Waals surface area contributed by atoms with Crippen LogP contribution in [-0.2, 0) is 16.7 Å². The molecule has 0 aliphatic carbocycles. The van der Waals surface area contributed by atoms with Crippen molar-refractivity contribution >= 4 is 16.7 Å². The Labute approximate surface area is 141 Å². The second kappa shape index (κ2) is 6.57. The van der Waals surface area contributed by atoms with Crippen LogP contribution in [0.25, 0.3) is 0 Å². The Balaban J connectivity index is 1.64. The Bertz CT molecular complexity index is 645. The summed E-state index contributed by atoms with van der Waals surface area (Å²) in [4.78, 5) is 4.60. The summed E-state index contributed by atoms with van der Waals surface area (Å²) in [6.45, 7) is 11.0. The Morgan fingerprint density at radius 3 is 2.96 bits per heavy atom. The molecule has 0 unspecified atom stereocenters. The van der Waals surface area contributed by atoms with Crippen LogP contribution in [0.5, 0.6) is 0 Å². The van der Waals surface area contributed by atoms with Crippen LogP contribution in [0, 0.1) is 5.92 Å². The minimum atomic E-state index is -0.0109. The number of hydrogen-bond acceptors (Lipinski definition) is 6. The van der Waals surface area contributed by atoms with E-state index in [0.29, 0.717) is 5.92 Å². The number of aromatic nitrogens is 4. The molecule has 0 saturated carbocycles. The van der Waals surface area contributed by atoms with E-state index in [4.69, 9.17) is 4.74 Å². The zero-order chi connectivity index (χ0) is 16.4. The van der Waals surface area contributed by atoms with Crippen LogP contribution in [0.4, 0.5) is 5.13 Å². The summed E-state index contributed by atoms with van der Waals surface area (Å²) in [5.74, 6) is 1.33. The summed E-state index contributed by atoms with van der Waals surface area (Å²) < 4.78 is 12.4. The topological polar surface area (TPSA) is 64.9 Å². The van der Waals surface area contributed by atoms with Crippen molar-refractivity contribution in [3.8, 4) is 0 Å². The zero-order valence-electron chi connectivity index (χ0n) is 14.2. The molecule has 0 radical (unpaired) electrons. The van der Waals surface area contributed by atoms with Gasteiger partial charge in [-0.15, -0.1) is 0 Å². The first-order chi connectivity index (χ1) is 11.0. The fourth-order valence-electron chi connectivity index (χ4n) is 2.84. The fraction of sp³-hybridized carbons (Fsp3) is 0.688. The summed E-state index contributed by atoms with van der Waals surface area (Å²) in [5, 5.41) is 8.70. The molecule has 2 aromatic heterocycles. The molecule has 3 heterocycles. The molecule has 1 saturated heterocycles. The number of hydrogen-bond donors (Lipinski definition) is 1. The highest BCUT2D eigenvalue weighted by Crippen LogP contribution is 2.34. The van der Waals surface area contributed by atoms with Gasteiger partial charge >= 0.3 is 0 Å². The molecule has 1 fully saturated rings. The molecule has 0 spiro atoms. The van der Waals surface area contributed by atoms with Crippen LogP contribution < -0.4 is 5.32 Å². The molecule has 0 bridgehead atoms. The molecule has 0 aromatic carbocycles. The van der Waals surface area contributed by atoms with Crippen molar-refractivity contribution in [2.75, 3.05) is 18.5 Å². The lowest BCUT2D eigenvalue weighted by Gasteiger charge is -2.19. The molecule has 7 heteroatoms. The Hall–Kier alpha value is -1.47. The lowest BCUT2D eigenvalue weighted by atomic mass is 9.96. The number of rotatable bonds is 5. The lowest BCUT2D eigenvalue weighted by Crippen LogP contribution is -2.20. The summed E-state index contributed by atoms with van der Waals surface area (Å²) in [6.07, 6.45) is 3.02. The van der Waals surface area contributed by atoms with E-state index in [2.05, 4.69) is 53.5 Å². The maximum Gasteiger partial charge on any atom is 0.202 e. The largest absolute Gasteiger partial charge is 0.372 e.